The van der Waals surface area contributed by atoms with Crippen molar-refractivity contribution in [1.29, 1.82) is 5.41 Å². The minimum Gasteiger partial charge on any atom is -0.464 e. The number of alkyl halides is 1. The van der Waals surface area contributed by atoms with E-state index in [0.29, 0.717) is 5.56 Å². The largest absolute Gasteiger partial charge is 0.464 e. The van der Waals surface area contributed by atoms with Crippen LogP contribution in [0.4, 0.5) is 0 Å². The zero-order chi connectivity index (χ0) is 10.6. The summed E-state index contributed by atoms with van der Waals surface area (Å²) in [6.45, 7) is 0. The molecule has 4 heteroatoms. The zero-order valence-electron chi connectivity index (χ0n) is 7.71. The first kappa shape index (κ1) is 10.7. The minimum atomic E-state index is -0.650. The van der Waals surface area contributed by atoms with Crippen LogP contribution in [0.25, 0.3) is 0 Å². The molecule has 0 fully saturated rings. The number of methoxy groups -OCH3 is 1. The number of rotatable bonds is 3. The van der Waals surface area contributed by atoms with Crippen LogP contribution in [-0.2, 0) is 15.4 Å². The standard InChI is InChI=1S/C10H10ClNO2/c1-14-10(13)9(12)8-5-3-2-4-7(8)6-11/h2-5,12H,6H2,1H3. The predicted octanol–water partition coefficient (Wildman–Crippen LogP) is 1.97. The maximum absolute atomic E-state index is 11.1. The third-order valence-electron chi connectivity index (χ3n) is 1.82. The van der Waals surface area contributed by atoms with Crippen LogP contribution < -0.4 is 0 Å². The maximum Gasteiger partial charge on any atom is 0.356 e. The van der Waals surface area contributed by atoms with Crippen LogP contribution in [0.3, 0.4) is 0 Å². The van der Waals surface area contributed by atoms with Crippen LogP contribution in [-0.4, -0.2) is 18.8 Å². The van der Waals surface area contributed by atoms with Gasteiger partial charge in [-0.05, 0) is 5.56 Å². The molecule has 0 saturated carbocycles. The summed E-state index contributed by atoms with van der Waals surface area (Å²) in [6, 6.07) is 7.02. The molecule has 1 aromatic carbocycles. The van der Waals surface area contributed by atoms with Gasteiger partial charge in [0.2, 0.25) is 0 Å². The first-order valence-electron chi connectivity index (χ1n) is 4.01. The lowest BCUT2D eigenvalue weighted by Gasteiger charge is -2.06. The second-order valence-corrected chi connectivity index (χ2v) is 2.92. The van der Waals surface area contributed by atoms with E-state index in [9.17, 15) is 4.79 Å². The summed E-state index contributed by atoms with van der Waals surface area (Å²) < 4.78 is 4.46. The quantitative estimate of drug-likeness (QED) is 0.472. The van der Waals surface area contributed by atoms with Crippen LogP contribution in [0.1, 0.15) is 11.1 Å². The molecular formula is C10H10ClNO2. The van der Waals surface area contributed by atoms with E-state index in [1.165, 1.54) is 7.11 Å². The van der Waals surface area contributed by atoms with Crippen molar-refractivity contribution in [3.05, 3.63) is 35.4 Å². The van der Waals surface area contributed by atoms with Crippen molar-refractivity contribution in [2.75, 3.05) is 7.11 Å². The highest BCUT2D eigenvalue weighted by Crippen LogP contribution is 2.12. The summed E-state index contributed by atoms with van der Waals surface area (Å²) in [7, 11) is 1.25. The second kappa shape index (κ2) is 4.77. The minimum absolute atomic E-state index is 0.163. The van der Waals surface area contributed by atoms with Gasteiger partial charge in [-0.25, -0.2) is 4.79 Å². The Balaban J connectivity index is 3.06. The summed E-state index contributed by atoms with van der Waals surface area (Å²) in [6.07, 6.45) is 0. The lowest BCUT2D eigenvalue weighted by molar-refractivity contribution is -0.132. The lowest BCUT2D eigenvalue weighted by Crippen LogP contribution is -2.17. The molecule has 0 amide bonds. The van der Waals surface area contributed by atoms with Gasteiger partial charge in [-0.2, -0.15) is 0 Å². The van der Waals surface area contributed by atoms with Crippen molar-refractivity contribution >= 4 is 23.3 Å². The number of esters is 1. The van der Waals surface area contributed by atoms with Crippen molar-refractivity contribution in [3.8, 4) is 0 Å². The van der Waals surface area contributed by atoms with Gasteiger partial charge in [0.1, 0.15) is 5.71 Å². The van der Waals surface area contributed by atoms with Crippen molar-refractivity contribution in [3.63, 3.8) is 0 Å². The predicted molar refractivity (Wildman–Crippen MR) is 54.8 cm³/mol. The van der Waals surface area contributed by atoms with E-state index in [1.807, 2.05) is 6.07 Å². The molecule has 1 aromatic rings. The molecule has 1 rings (SSSR count). The molecule has 14 heavy (non-hydrogen) atoms. The Morgan fingerprint density at radius 3 is 2.71 bits per heavy atom. The van der Waals surface area contributed by atoms with Gasteiger partial charge in [-0.15, -0.1) is 11.6 Å². The van der Waals surface area contributed by atoms with Gasteiger partial charge < -0.3 is 4.74 Å². The highest BCUT2D eigenvalue weighted by Gasteiger charge is 2.14. The molecule has 0 atom stereocenters. The lowest BCUT2D eigenvalue weighted by atomic mass is 10.0. The summed E-state index contributed by atoms with van der Waals surface area (Å²) in [5.74, 6) is -0.377. The van der Waals surface area contributed by atoms with Crippen LogP contribution in [0.5, 0.6) is 0 Å². The molecule has 0 saturated heterocycles. The van der Waals surface area contributed by atoms with Gasteiger partial charge in [0.15, 0.2) is 0 Å². The first-order chi connectivity index (χ1) is 6.70. The number of halogens is 1. The van der Waals surface area contributed by atoms with Gasteiger partial charge in [-0.1, -0.05) is 24.3 Å². The summed E-state index contributed by atoms with van der Waals surface area (Å²) in [4.78, 5) is 11.1. The van der Waals surface area contributed by atoms with Crippen molar-refractivity contribution < 1.29 is 9.53 Å². The maximum atomic E-state index is 11.1. The average molecular weight is 212 g/mol. The topological polar surface area (TPSA) is 50.2 Å². The molecule has 0 bridgehead atoms. The number of hydrogen-bond acceptors (Lipinski definition) is 3. The third kappa shape index (κ3) is 2.12. The van der Waals surface area contributed by atoms with Crippen LogP contribution in [0.15, 0.2) is 24.3 Å². The van der Waals surface area contributed by atoms with Crippen LogP contribution in [0, 0.1) is 5.41 Å². The number of hydrogen-bond donors (Lipinski definition) is 1. The zero-order valence-corrected chi connectivity index (χ0v) is 8.47. The molecule has 3 nitrogen and oxygen atoms in total. The monoisotopic (exact) mass is 211 g/mol. The molecule has 74 valence electrons. The van der Waals surface area contributed by atoms with E-state index < -0.39 is 5.97 Å². The number of benzene rings is 1. The van der Waals surface area contributed by atoms with Crippen molar-refractivity contribution in [2.24, 2.45) is 0 Å². The Labute approximate surface area is 87.2 Å². The highest BCUT2D eigenvalue weighted by atomic mass is 35.5. The molecular weight excluding hydrogens is 202 g/mol. The Morgan fingerprint density at radius 1 is 1.50 bits per heavy atom. The van der Waals surface area contributed by atoms with Crippen LogP contribution in [0.2, 0.25) is 0 Å². The number of carbonyl (C=O) groups is 1. The number of carbonyl (C=O) groups excluding carboxylic acids is 1. The molecule has 0 heterocycles. The molecule has 0 aromatic heterocycles. The fourth-order valence-electron chi connectivity index (χ4n) is 1.09. The summed E-state index contributed by atoms with van der Waals surface area (Å²) >= 11 is 5.68. The number of ether oxygens (including phenoxy) is 1. The molecule has 0 aliphatic carbocycles. The number of nitrogens with one attached hydrogen (secondary N) is 1. The van der Waals surface area contributed by atoms with Gasteiger partial charge >= 0.3 is 5.97 Å². The SMILES string of the molecule is COC(=O)C(=N)c1ccccc1CCl. The third-order valence-corrected chi connectivity index (χ3v) is 2.11. The van der Waals surface area contributed by atoms with Gasteiger partial charge in [0.25, 0.3) is 0 Å². The molecule has 0 aliphatic rings. The fourth-order valence-corrected chi connectivity index (χ4v) is 1.33. The van der Waals surface area contributed by atoms with Crippen molar-refractivity contribution in [2.45, 2.75) is 5.88 Å². The smallest absolute Gasteiger partial charge is 0.356 e. The Hall–Kier alpha value is -1.35. The van der Waals surface area contributed by atoms with E-state index in [4.69, 9.17) is 17.0 Å². The molecule has 0 unspecified atom stereocenters. The highest BCUT2D eigenvalue weighted by molar-refractivity contribution is 6.42. The van der Waals surface area contributed by atoms with Crippen molar-refractivity contribution in [1.82, 2.24) is 0 Å². The van der Waals surface area contributed by atoms with E-state index in [2.05, 4.69) is 4.74 Å². The second-order valence-electron chi connectivity index (χ2n) is 2.66. The van der Waals surface area contributed by atoms with Gasteiger partial charge in [-0.3, -0.25) is 5.41 Å². The Morgan fingerprint density at radius 2 is 2.14 bits per heavy atom. The Bertz CT molecular complexity index is 363. The van der Waals surface area contributed by atoms with Crippen LogP contribution >= 0.6 is 11.6 Å². The van der Waals surface area contributed by atoms with Gasteiger partial charge in [0.05, 0.1) is 7.11 Å². The fraction of sp³-hybridized carbons (Fsp3) is 0.200. The summed E-state index contributed by atoms with van der Waals surface area (Å²) in [5, 5.41) is 7.55. The molecule has 0 spiro atoms. The van der Waals surface area contributed by atoms with E-state index in [1.54, 1.807) is 18.2 Å². The summed E-state index contributed by atoms with van der Waals surface area (Å²) in [5.41, 5.74) is 1.11. The Kier molecular flexibility index (Phi) is 3.65. The van der Waals surface area contributed by atoms with Gasteiger partial charge in [0, 0.05) is 11.4 Å². The van der Waals surface area contributed by atoms with E-state index >= 15 is 0 Å². The molecule has 1 N–H and O–H groups in total. The van der Waals surface area contributed by atoms with E-state index in [-0.39, 0.29) is 11.6 Å². The molecule has 0 radical (unpaired) electrons. The average Bonchev–Trinajstić information content (AvgIpc) is 2.26. The first-order valence-corrected chi connectivity index (χ1v) is 4.55. The van der Waals surface area contributed by atoms with E-state index in [0.717, 1.165) is 5.56 Å². The molecule has 0 aliphatic heterocycles. The normalized spacial score (nSPS) is 9.57.